The summed E-state index contributed by atoms with van der Waals surface area (Å²) in [6, 6.07) is 18.2. The van der Waals surface area contributed by atoms with E-state index in [1.807, 2.05) is 36.4 Å². The van der Waals surface area contributed by atoms with Gasteiger partial charge in [-0.15, -0.1) is 0 Å². The van der Waals surface area contributed by atoms with Gasteiger partial charge in [-0.3, -0.25) is 0 Å². The fraction of sp³-hybridized carbons (Fsp3) is 0.533. The summed E-state index contributed by atoms with van der Waals surface area (Å²) in [5.41, 5.74) is -0.887. The number of benzene rings is 2. The van der Waals surface area contributed by atoms with Gasteiger partial charge in [0.05, 0.1) is 13.1 Å². The highest BCUT2D eigenvalue weighted by Crippen LogP contribution is 2.38. The SMILES string of the molecule is O=C(NC1CCCCC1)OCC[N+]12CCC(CC1)C(OC(=O)C(O)(c1ccccc1)c1ccccc1)C2. The van der Waals surface area contributed by atoms with Crippen LogP contribution >= 0.6 is 0 Å². The molecule has 0 spiro atoms. The van der Waals surface area contributed by atoms with Crippen LogP contribution in [0.25, 0.3) is 0 Å². The molecule has 7 nitrogen and oxygen atoms in total. The molecule has 1 saturated carbocycles. The number of esters is 1. The van der Waals surface area contributed by atoms with E-state index in [0.29, 0.717) is 30.8 Å². The summed E-state index contributed by atoms with van der Waals surface area (Å²) < 4.78 is 12.5. The number of piperidine rings is 3. The van der Waals surface area contributed by atoms with Crippen molar-refractivity contribution in [2.75, 3.05) is 32.8 Å². The van der Waals surface area contributed by atoms with Crippen LogP contribution in [-0.4, -0.2) is 66.6 Å². The molecule has 198 valence electrons. The van der Waals surface area contributed by atoms with Crippen LogP contribution in [0.2, 0.25) is 0 Å². The van der Waals surface area contributed by atoms with Crippen molar-refractivity contribution in [3.63, 3.8) is 0 Å². The number of hydrogen-bond acceptors (Lipinski definition) is 5. The average Bonchev–Trinajstić information content (AvgIpc) is 2.94. The highest BCUT2D eigenvalue weighted by Gasteiger charge is 2.50. The Morgan fingerprint density at radius 3 is 2.08 bits per heavy atom. The van der Waals surface area contributed by atoms with Crippen molar-refractivity contribution in [1.82, 2.24) is 5.32 Å². The first-order valence-electron chi connectivity index (χ1n) is 13.8. The normalized spacial score (nSPS) is 25.9. The first kappa shape index (κ1) is 25.7. The van der Waals surface area contributed by atoms with E-state index in [1.165, 1.54) is 6.42 Å². The second kappa shape index (κ2) is 11.2. The Balaban J connectivity index is 1.22. The summed E-state index contributed by atoms with van der Waals surface area (Å²) in [6.45, 7) is 3.73. The minimum Gasteiger partial charge on any atom is -0.453 e. The molecule has 4 fully saturated rings. The lowest BCUT2D eigenvalue weighted by Crippen LogP contribution is -2.65. The Morgan fingerprint density at radius 1 is 0.892 bits per heavy atom. The molecule has 6 rings (SSSR count). The molecule has 0 aromatic heterocycles. The lowest BCUT2D eigenvalue weighted by atomic mass is 9.82. The zero-order valence-corrected chi connectivity index (χ0v) is 21.5. The molecule has 1 amide bonds. The van der Waals surface area contributed by atoms with Gasteiger partial charge in [-0.1, -0.05) is 79.9 Å². The third kappa shape index (κ3) is 5.68. The fourth-order valence-electron chi connectivity index (χ4n) is 6.44. The van der Waals surface area contributed by atoms with Crippen molar-refractivity contribution in [3.05, 3.63) is 71.8 Å². The summed E-state index contributed by atoms with van der Waals surface area (Å²) in [6.07, 6.45) is 6.95. The molecule has 3 heterocycles. The molecule has 1 aliphatic carbocycles. The first-order valence-corrected chi connectivity index (χ1v) is 13.8. The third-order valence-electron chi connectivity index (χ3n) is 8.70. The van der Waals surface area contributed by atoms with Crippen molar-refractivity contribution in [2.24, 2.45) is 5.92 Å². The maximum atomic E-state index is 13.7. The predicted molar refractivity (Wildman–Crippen MR) is 140 cm³/mol. The van der Waals surface area contributed by atoms with Crippen LogP contribution < -0.4 is 5.32 Å². The van der Waals surface area contributed by atoms with Gasteiger partial charge in [-0.25, -0.2) is 9.59 Å². The number of aliphatic hydroxyl groups is 1. The van der Waals surface area contributed by atoms with Crippen molar-refractivity contribution < 1.29 is 28.7 Å². The van der Waals surface area contributed by atoms with E-state index in [0.717, 1.165) is 56.1 Å². The van der Waals surface area contributed by atoms with Crippen molar-refractivity contribution in [3.8, 4) is 0 Å². The Hall–Kier alpha value is -2.90. The van der Waals surface area contributed by atoms with E-state index in [-0.39, 0.29) is 24.2 Å². The molecule has 1 unspecified atom stereocenters. The average molecular weight is 508 g/mol. The van der Waals surface area contributed by atoms with Crippen LogP contribution in [0.1, 0.15) is 56.1 Å². The zero-order chi connectivity index (χ0) is 25.7. The van der Waals surface area contributed by atoms with Gasteiger partial charge in [-0.2, -0.15) is 0 Å². The number of hydrogen-bond donors (Lipinski definition) is 2. The summed E-state index contributed by atoms with van der Waals surface area (Å²) in [4.78, 5) is 26.0. The molecule has 2 bridgehead atoms. The number of quaternary nitrogens is 1. The fourth-order valence-corrected chi connectivity index (χ4v) is 6.44. The summed E-state index contributed by atoms with van der Waals surface area (Å²) in [7, 11) is 0. The van der Waals surface area contributed by atoms with Gasteiger partial charge in [0, 0.05) is 24.8 Å². The van der Waals surface area contributed by atoms with Gasteiger partial charge in [-0.05, 0) is 24.0 Å². The smallest absolute Gasteiger partial charge is 0.407 e. The topological polar surface area (TPSA) is 84.9 Å². The maximum absolute atomic E-state index is 13.7. The number of fused-ring (bicyclic) bond motifs is 3. The van der Waals surface area contributed by atoms with Crippen LogP contribution in [-0.2, 0) is 19.9 Å². The van der Waals surface area contributed by atoms with E-state index in [1.54, 1.807) is 24.3 Å². The largest absolute Gasteiger partial charge is 0.453 e. The van der Waals surface area contributed by atoms with Crippen LogP contribution in [0.3, 0.4) is 0 Å². The van der Waals surface area contributed by atoms with Crippen LogP contribution in [0.5, 0.6) is 0 Å². The number of amides is 1. The quantitative estimate of drug-likeness (QED) is 0.415. The van der Waals surface area contributed by atoms with Gasteiger partial charge in [0.2, 0.25) is 5.60 Å². The Labute approximate surface area is 219 Å². The number of nitrogens with zero attached hydrogens (tertiary/aromatic N) is 1. The Morgan fingerprint density at radius 2 is 1.49 bits per heavy atom. The summed E-state index contributed by atoms with van der Waals surface area (Å²) in [5.74, 6) is -0.347. The van der Waals surface area contributed by atoms with E-state index in [9.17, 15) is 14.7 Å². The molecule has 3 saturated heterocycles. The molecule has 7 heteroatoms. The molecule has 37 heavy (non-hydrogen) atoms. The van der Waals surface area contributed by atoms with Gasteiger partial charge >= 0.3 is 12.1 Å². The van der Waals surface area contributed by atoms with Gasteiger partial charge in [0.25, 0.3) is 0 Å². The standard InChI is InChI=1S/C30H38N2O5/c33-28(30(35,24-10-4-1-5-11-24)25-12-6-2-7-13-25)37-27-22-32(18-16-23(27)17-19-32)20-21-36-29(34)31-26-14-8-3-9-15-26/h1-2,4-7,10-13,23,26-27,35H,3,8-9,14-22H2/p+1. The Kier molecular flexibility index (Phi) is 7.81. The number of ether oxygens (including phenoxy) is 2. The second-order valence-electron chi connectivity index (χ2n) is 11.0. The maximum Gasteiger partial charge on any atom is 0.407 e. The number of alkyl carbamates (subject to hydrolysis) is 1. The van der Waals surface area contributed by atoms with E-state index in [2.05, 4.69) is 5.32 Å². The number of nitrogens with one attached hydrogen (secondary N) is 1. The monoisotopic (exact) mass is 507 g/mol. The second-order valence-corrected chi connectivity index (χ2v) is 11.0. The van der Waals surface area contributed by atoms with E-state index < -0.39 is 11.6 Å². The molecular formula is C30H39N2O5+. The number of carbonyl (C=O) groups is 2. The molecule has 2 aromatic carbocycles. The molecule has 3 aliphatic heterocycles. The number of carbonyl (C=O) groups excluding carboxylic acids is 2. The van der Waals surface area contributed by atoms with Crippen LogP contribution in [0.4, 0.5) is 4.79 Å². The van der Waals surface area contributed by atoms with Gasteiger partial charge in [0.1, 0.15) is 19.7 Å². The Bertz CT molecular complexity index is 1010. The van der Waals surface area contributed by atoms with Crippen molar-refractivity contribution in [2.45, 2.75) is 62.7 Å². The molecule has 2 N–H and O–H groups in total. The molecule has 0 radical (unpaired) electrons. The van der Waals surface area contributed by atoms with E-state index >= 15 is 0 Å². The third-order valence-corrected chi connectivity index (χ3v) is 8.70. The lowest BCUT2D eigenvalue weighted by Gasteiger charge is -2.52. The highest BCUT2D eigenvalue weighted by atomic mass is 16.6. The van der Waals surface area contributed by atoms with Crippen LogP contribution in [0.15, 0.2) is 60.7 Å². The molecular weight excluding hydrogens is 468 g/mol. The van der Waals surface area contributed by atoms with Crippen LogP contribution in [0, 0.1) is 5.92 Å². The van der Waals surface area contributed by atoms with Crippen molar-refractivity contribution in [1.29, 1.82) is 0 Å². The summed E-state index contributed by atoms with van der Waals surface area (Å²) >= 11 is 0. The van der Waals surface area contributed by atoms with Gasteiger partial charge in [0.15, 0.2) is 6.10 Å². The minimum atomic E-state index is -1.88. The highest BCUT2D eigenvalue weighted by molar-refractivity contribution is 5.85. The first-order chi connectivity index (χ1) is 18.0. The van der Waals surface area contributed by atoms with Crippen molar-refractivity contribution >= 4 is 12.1 Å². The predicted octanol–water partition coefficient (Wildman–Crippen LogP) is 4.13. The minimum absolute atomic E-state index is 0.232. The van der Waals surface area contributed by atoms with E-state index in [4.69, 9.17) is 9.47 Å². The lowest BCUT2D eigenvalue weighted by molar-refractivity contribution is -0.946. The zero-order valence-electron chi connectivity index (χ0n) is 21.5. The van der Waals surface area contributed by atoms with Gasteiger partial charge < -0.3 is 24.4 Å². The molecule has 2 aromatic rings. The molecule has 1 atom stereocenters. The summed E-state index contributed by atoms with van der Waals surface area (Å²) in [5, 5.41) is 14.8. The number of rotatable bonds is 8. The molecule has 4 aliphatic rings.